The summed E-state index contributed by atoms with van der Waals surface area (Å²) in [6.45, 7) is 11.8. The molecule has 0 aliphatic carbocycles. The highest BCUT2D eigenvalue weighted by Crippen LogP contribution is 2.27. The smallest absolute Gasteiger partial charge is 0.256 e. The number of fused-ring (bicyclic) bond motifs is 1. The van der Waals surface area contributed by atoms with Crippen LogP contribution < -0.4 is 5.56 Å². The van der Waals surface area contributed by atoms with Crippen LogP contribution in [0.4, 0.5) is 0 Å². The van der Waals surface area contributed by atoms with Crippen LogP contribution in [0, 0.1) is 18.3 Å². The van der Waals surface area contributed by atoms with Gasteiger partial charge in [-0.25, -0.2) is 4.98 Å². The lowest BCUT2D eigenvalue weighted by Gasteiger charge is -2.30. The summed E-state index contributed by atoms with van der Waals surface area (Å²) in [5, 5.41) is 0. The van der Waals surface area contributed by atoms with Crippen molar-refractivity contribution in [2.45, 2.75) is 66.8 Å². The van der Waals surface area contributed by atoms with E-state index in [-0.39, 0.29) is 16.9 Å². The topological polar surface area (TPSA) is 66.1 Å². The zero-order valence-electron chi connectivity index (χ0n) is 18.3. The molecule has 1 amide bonds. The first-order valence-corrected chi connectivity index (χ1v) is 10.6. The molecule has 3 rings (SSSR count). The molecule has 0 bridgehead atoms. The largest absolute Gasteiger partial charge is 0.338 e. The summed E-state index contributed by atoms with van der Waals surface area (Å²) < 4.78 is 0. The van der Waals surface area contributed by atoms with E-state index in [1.807, 2.05) is 17.0 Å². The quantitative estimate of drug-likeness (QED) is 0.832. The minimum absolute atomic E-state index is 0.112. The number of nitrogens with one attached hydrogen (secondary N) is 1. The predicted molar refractivity (Wildman–Crippen MR) is 116 cm³/mol. The van der Waals surface area contributed by atoms with Gasteiger partial charge >= 0.3 is 0 Å². The number of nitrogens with zero attached hydrogens (tertiary/aromatic N) is 2. The molecule has 0 unspecified atom stereocenters. The second-order valence-electron chi connectivity index (χ2n) is 9.68. The number of benzene rings is 1. The summed E-state index contributed by atoms with van der Waals surface area (Å²) >= 11 is 0. The number of H-pyrrole nitrogens is 1. The third-order valence-corrected chi connectivity index (χ3v) is 5.57. The fourth-order valence-electron chi connectivity index (χ4n) is 4.31. The van der Waals surface area contributed by atoms with Gasteiger partial charge in [-0.05, 0) is 35.8 Å². The maximum Gasteiger partial charge on any atom is 0.256 e. The third kappa shape index (κ3) is 5.55. The number of aromatic amines is 1. The third-order valence-electron chi connectivity index (χ3n) is 5.57. The Balaban J connectivity index is 1.70. The van der Waals surface area contributed by atoms with Crippen molar-refractivity contribution in [3.05, 3.63) is 62.8 Å². The molecule has 5 nitrogen and oxygen atoms in total. The number of hydrogen-bond donors (Lipinski definition) is 1. The zero-order chi connectivity index (χ0) is 21.2. The van der Waals surface area contributed by atoms with Crippen LogP contribution in [0.5, 0.6) is 0 Å². The first-order valence-electron chi connectivity index (χ1n) is 10.6. The van der Waals surface area contributed by atoms with Crippen molar-refractivity contribution in [3.8, 4) is 0 Å². The highest BCUT2D eigenvalue weighted by Gasteiger charge is 2.26. The number of hydrogen-bond acceptors (Lipinski definition) is 3. The van der Waals surface area contributed by atoms with E-state index in [0.717, 1.165) is 17.7 Å². The molecule has 1 atom stereocenters. The van der Waals surface area contributed by atoms with Gasteiger partial charge in [-0.1, -0.05) is 52.0 Å². The Hall–Kier alpha value is -2.43. The monoisotopic (exact) mass is 395 g/mol. The minimum atomic E-state index is -0.112. The van der Waals surface area contributed by atoms with Crippen molar-refractivity contribution in [1.29, 1.82) is 0 Å². The van der Waals surface area contributed by atoms with Gasteiger partial charge in [0.15, 0.2) is 0 Å². The first kappa shape index (κ1) is 21.3. The van der Waals surface area contributed by atoms with Crippen LogP contribution in [-0.2, 0) is 24.2 Å². The molecule has 0 spiro atoms. The second-order valence-corrected chi connectivity index (χ2v) is 9.68. The van der Waals surface area contributed by atoms with Crippen LogP contribution in [0.25, 0.3) is 0 Å². The van der Waals surface area contributed by atoms with Gasteiger partial charge in [-0.2, -0.15) is 0 Å². The lowest BCUT2D eigenvalue weighted by atomic mass is 9.84. The summed E-state index contributed by atoms with van der Waals surface area (Å²) in [6.07, 6.45) is 2.79. The Morgan fingerprint density at radius 3 is 2.69 bits per heavy atom. The van der Waals surface area contributed by atoms with Crippen molar-refractivity contribution in [2.75, 3.05) is 6.54 Å². The summed E-state index contributed by atoms with van der Waals surface area (Å²) in [4.78, 5) is 34.9. The SMILES string of the molecule is Cc1ccccc1Cc1nc2c(c(=O)[nH]1)CN(C(=O)C[C@@H](C)CC(C)(C)C)CC2. The van der Waals surface area contributed by atoms with E-state index in [2.05, 4.69) is 51.7 Å². The van der Waals surface area contributed by atoms with Gasteiger partial charge in [0.2, 0.25) is 5.91 Å². The molecule has 2 aromatic rings. The van der Waals surface area contributed by atoms with E-state index in [9.17, 15) is 9.59 Å². The van der Waals surface area contributed by atoms with Crippen LogP contribution in [0.1, 0.15) is 68.7 Å². The van der Waals surface area contributed by atoms with Gasteiger partial charge in [-0.3, -0.25) is 9.59 Å². The number of carbonyl (C=O) groups is 1. The highest BCUT2D eigenvalue weighted by molar-refractivity contribution is 5.76. The fourth-order valence-corrected chi connectivity index (χ4v) is 4.31. The van der Waals surface area contributed by atoms with Crippen molar-refractivity contribution in [1.82, 2.24) is 14.9 Å². The molecule has 0 fully saturated rings. The van der Waals surface area contributed by atoms with Crippen LogP contribution in [0.2, 0.25) is 0 Å². The molecule has 156 valence electrons. The average molecular weight is 396 g/mol. The molecule has 1 N–H and O–H groups in total. The van der Waals surface area contributed by atoms with Gasteiger partial charge in [-0.15, -0.1) is 0 Å². The summed E-state index contributed by atoms with van der Waals surface area (Å²) in [5.74, 6) is 1.16. The van der Waals surface area contributed by atoms with Crippen molar-refractivity contribution >= 4 is 5.91 Å². The normalized spacial score (nSPS) is 15.1. The van der Waals surface area contributed by atoms with Gasteiger partial charge in [0.25, 0.3) is 5.56 Å². The van der Waals surface area contributed by atoms with E-state index in [1.54, 1.807) is 0 Å². The van der Waals surface area contributed by atoms with E-state index < -0.39 is 0 Å². The molecule has 5 heteroatoms. The van der Waals surface area contributed by atoms with Crippen molar-refractivity contribution in [3.63, 3.8) is 0 Å². The lowest BCUT2D eigenvalue weighted by Crippen LogP contribution is -2.40. The molecule has 1 aliphatic rings. The maximum absolute atomic E-state index is 12.8. The summed E-state index contributed by atoms with van der Waals surface area (Å²) in [6, 6.07) is 8.14. The molecule has 1 aromatic carbocycles. The lowest BCUT2D eigenvalue weighted by molar-refractivity contribution is -0.133. The molecule has 1 aliphatic heterocycles. The Bertz CT molecular complexity index is 940. The second kappa shape index (κ2) is 8.52. The first-order chi connectivity index (χ1) is 13.6. The van der Waals surface area contributed by atoms with Crippen LogP contribution in [-0.4, -0.2) is 27.3 Å². The maximum atomic E-state index is 12.8. The standard InChI is InChI=1S/C24H33N3O2/c1-16(14-24(3,4)5)12-22(28)27-11-10-20-19(15-27)23(29)26-21(25-20)13-18-9-7-6-8-17(18)2/h6-9,16H,10-15H2,1-5H3,(H,25,26,29)/t16-/m1/s1. The van der Waals surface area contributed by atoms with E-state index in [4.69, 9.17) is 4.98 Å². The number of carbonyl (C=O) groups excluding carboxylic acids is 1. The Morgan fingerprint density at radius 2 is 2.00 bits per heavy atom. The van der Waals surface area contributed by atoms with E-state index >= 15 is 0 Å². The van der Waals surface area contributed by atoms with Gasteiger partial charge in [0.05, 0.1) is 17.8 Å². The van der Waals surface area contributed by atoms with Crippen LogP contribution >= 0.6 is 0 Å². The Kier molecular flexibility index (Phi) is 6.25. The Labute approximate surface area is 173 Å². The molecule has 0 radical (unpaired) electrons. The summed E-state index contributed by atoms with van der Waals surface area (Å²) in [7, 11) is 0. The van der Waals surface area contributed by atoms with Gasteiger partial charge < -0.3 is 9.88 Å². The highest BCUT2D eigenvalue weighted by atomic mass is 16.2. The molecular formula is C24H33N3O2. The number of aromatic nitrogens is 2. The fraction of sp³-hybridized carbons (Fsp3) is 0.542. The van der Waals surface area contributed by atoms with Crippen LogP contribution in [0.3, 0.4) is 0 Å². The number of amides is 1. The molecule has 2 heterocycles. The van der Waals surface area contributed by atoms with Gasteiger partial charge in [0, 0.05) is 25.8 Å². The molecule has 0 saturated heterocycles. The number of rotatable bonds is 5. The minimum Gasteiger partial charge on any atom is -0.338 e. The van der Waals surface area contributed by atoms with Gasteiger partial charge in [0.1, 0.15) is 5.82 Å². The summed E-state index contributed by atoms with van der Waals surface area (Å²) in [5.41, 5.74) is 3.93. The van der Waals surface area contributed by atoms with E-state index in [0.29, 0.717) is 49.7 Å². The van der Waals surface area contributed by atoms with Crippen molar-refractivity contribution in [2.24, 2.45) is 11.3 Å². The van der Waals surface area contributed by atoms with E-state index in [1.165, 1.54) is 5.56 Å². The molecule has 1 aromatic heterocycles. The Morgan fingerprint density at radius 1 is 1.28 bits per heavy atom. The van der Waals surface area contributed by atoms with Crippen LogP contribution in [0.15, 0.2) is 29.1 Å². The molecule has 29 heavy (non-hydrogen) atoms. The average Bonchev–Trinajstić information content (AvgIpc) is 2.62. The number of aryl methyl sites for hydroxylation is 1. The molecular weight excluding hydrogens is 362 g/mol. The predicted octanol–water partition coefficient (Wildman–Crippen LogP) is 4.02. The molecule has 0 saturated carbocycles. The zero-order valence-corrected chi connectivity index (χ0v) is 18.3. The van der Waals surface area contributed by atoms with Crippen molar-refractivity contribution < 1.29 is 4.79 Å².